The van der Waals surface area contributed by atoms with Gasteiger partial charge in [0.25, 0.3) is 0 Å². The molecule has 1 aliphatic heterocycles. The van der Waals surface area contributed by atoms with Crippen LogP contribution in [0.2, 0.25) is 0 Å². The maximum Gasteiger partial charge on any atom is 0.151 e. The molecule has 1 aromatic carbocycles. The van der Waals surface area contributed by atoms with Crippen molar-refractivity contribution in [2.45, 2.75) is 24.3 Å². The third-order valence-electron chi connectivity index (χ3n) is 3.83. The zero-order valence-electron chi connectivity index (χ0n) is 12.4. The van der Waals surface area contributed by atoms with E-state index in [1.165, 1.54) is 23.3 Å². The summed E-state index contributed by atoms with van der Waals surface area (Å²) in [6.07, 6.45) is 6.52. The highest BCUT2D eigenvalue weighted by Crippen LogP contribution is 2.26. The van der Waals surface area contributed by atoms with Crippen LogP contribution in [0.4, 0.5) is 11.5 Å². The van der Waals surface area contributed by atoms with Crippen LogP contribution >= 0.6 is 11.8 Å². The largest absolute Gasteiger partial charge is 0.378 e. The summed E-state index contributed by atoms with van der Waals surface area (Å²) in [5.41, 5.74) is 2.43. The monoisotopic (exact) mass is 299 g/mol. The van der Waals surface area contributed by atoms with Crippen LogP contribution in [0.1, 0.15) is 18.4 Å². The zero-order valence-corrected chi connectivity index (χ0v) is 13.2. The van der Waals surface area contributed by atoms with Crippen molar-refractivity contribution < 1.29 is 0 Å². The van der Waals surface area contributed by atoms with Gasteiger partial charge in [0.05, 0.1) is 5.69 Å². The Balaban J connectivity index is 1.69. The molecule has 0 unspecified atom stereocenters. The second-order valence-corrected chi connectivity index (χ2v) is 6.15. The van der Waals surface area contributed by atoms with Gasteiger partial charge in [-0.25, -0.2) is 4.98 Å². The van der Waals surface area contributed by atoms with Crippen molar-refractivity contribution in [3.05, 3.63) is 48.2 Å². The Morgan fingerprint density at radius 3 is 2.62 bits per heavy atom. The van der Waals surface area contributed by atoms with Gasteiger partial charge in [-0.05, 0) is 48.9 Å². The van der Waals surface area contributed by atoms with E-state index in [2.05, 4.69) is 51.8 Å². The van der Waals surface area contributed by atoms with Crippen LogP contribution in [0.3, 0.4) is 0 Å². The van der Waals surface area contributed by atoms with Crippen molar-refractivity contribution in [2.24, 2.45) is 0 Å². The van der Waals surface area contributed by atoms with Crippen LogP contribution in [-0.4, -0.2) is 24.3 Å². The van der Waals surface area contributed by atoms with Crippen LogP contribution in [0.25, 0.3) is 0 Å². The van der Waals surface area contributed by atoms with Gasteiger partial charge in [0, 0.05) is 30.7 Å². The Kier molecular flexibility index (Phi) is 4.65. The van der Waals surface area contributed by atoms with Gasteiger partial charge in [-0.2, -0.15) is 0 Å². The number of rotatable bonds is 5. The molecule has 3 rings (SSSR count). The van der Waals surface area contributed by atoms with E-state index in [0.717, 1.165) is 31.1 Å². The lowest BCUT2D eigenvalue weighted by molar-refractivity contribution is 0.934. The van der Waals surface area contributed by atoms with E-state index >= 15 is 0 Å². The minimum atomic E-state index is 0.835. The average Bonchev–Trinajstić information content (AvgIpc) is 3.08. The molecule has 1 aromatic heterocycles. The average molecular weight is 299 g/mol. The Labute approximate surface area is 130 Å². The van der Waals surface area contributed by atoms with Crippen molar-refractivity contribution in [1.82, 2.24) is 4.98 Å². The smallest absolute Gasteiger partial charge is 0.151 e. The summed E-state index contributed by atoms with van der Waals surface area (Å²) in [6.45, 7) is 3.07. The lowest BCUT2D eigenvalue weighted by Gasteiger charge is -2.20. The molecule has 0 saturated carbocycles. The van der Waals surface area contributed by atoms with Crippen LogP contribution < -0.4 is 10.2 Å². The highest BCUT2D eigenvalue weighted by atomic mass is 32.2. The van der Waals surface area contributed by atoms with E-state index in [4.69, 9.17) is 0 Å². The Morgan fingerprint density at radius 2 is 1.90 bits per heavy atom. The number of hydrogen-bond donors (Lipinski definition) is 1. The maximum atomic E-state index is 4.56. The molecule has 1 aliphatic rings. The first kappa shape index (κ1) is 14.3. The molecule has 0 atom stereocenters. The van der Waals surface area contributed by atoms with E-state index in [1.807, 2.05) is 12.3 Å². The minimum absolute atomic E-state index is 0.835. The number of aromatic nitrogens is 1. The molecule has 1 fully saturated rings. The van der Waals surface area contributed by atoms with E-state index in [0.29, 0.717) is 0 Å². The van der Waals surface area contributed by atoms with E-state index in [1.54, 1.807) is 11.8 Å². The van der Waals surface area contributed by atoms with Gasteiger partial charge < -0.3 is 10.2 Å². The maximum absolute atomic E-state index is 4.56. The number of nitrogens with zero attached hydrogens (tertiary/aromatic N) is 2. The Morgan fingerprint density at radius 1 is 1.14 bits per heavy atom. The Hall–Kier alpha value is -1.68. The molecule has 2 aromatic rings. The Bertz CT molecular complexity index is 577. The summed E-state index contributed by atoms with van der Waals surface area (Å²) in [5, 5.41) is 3.53. The van der Waals surface area contributed by atoms with Crippen molar-refractivity contribution in [1.29, 1.82) is 0 Å². The fourth-order valence-electron chi connectivity index (χ4n) is 2.66. The number of hydrogen-bond acceptors (Lipinski definition) is 4. The fourth-order valence-corrected chi connectivity index (χ4v) is 3.06. The van der Waals surface area contributed by atoms with Gasteiger partial charge in [0.15, 0.2) is 5.82 Å². The quantitative estimate of drug-likeness (QED) is 0.844. The van der Waals surface area contributed by atoms with Crippen LogP contribution in [0, 0.1) is 0 Å². The number of thioether (sulfide) groups is 1. The summed E-state index contributed by atoms with van der Waals surface area (Å²) in [4.78, 5) is 8.24. The fraction of sp³-hybridized carbons (Fsp3) is 0.353. The molecule has 3 nitrogen and oxygen atoms in total. The zero-order chi connectivity index (χ0) is 14.5. The van der Waals surface area contributed by atoms with Crippen LogP contribution in [0.15, 0.2) is 47.5 Å². The molecule has 0 amide bonds. The molecule has 1 N–H and O–H groups in total. The lowest BCUT2D eigenvalue weighted by Crippen LogP contribution is -2.20. The summed E-state index contributed by atoms with van der Waals surface area (Å²) in [7, 11) is 0. The van der Waals surface area contributed by atoms with Crippen LogP contribution in [0.5, 0.6) is 0 Å². The van der Waals surface area contributed by atoms with Crippen molar-refractivity contribution >= 4 is 23.3 Å². The molecular weight excluding hydrogens is 278 g/mol. The third kappa shape index (κ3) is 3.50. The van der Waals surface area contributed by atoms with Gasteiger partial charge in [-0.15, -0.1) is 11.8 Å². The molecular formula is C17H21N3S. The molecule has 21 heavy (non-hydrogen) atoms. The number of anilines is 2. The SMILES string of the molecule is CSc1ccc(CNc2cccnc2N2CCCC2)cc1. The van der Waals surface area contributed by atoms with Gasteiger partial charge in [-0.3, -0.25) is 0 Å². The van der Waals surface area contributed by atoms with E-state index < -0.39 is 0 Å². The summed E-state index contributed by atoms with van der Waals surface area (Å²) < 4.78 is 0. The summed E-state index contributed by atoms with van der Waals surface area (Å²) in [5.74, 6) is 1.09. The van der Waals surface area contributed by atoms with Crippen molar-refractivity contribution in [3.63, 3.8) is 0 Å². The van der Waals surface area contributed by atoms with Gasteiger partial charge in [0.1, 0.15) is 0 Å². The molecule has 0 bridgehead atoms. The highest BCUT2D eigenvalue weighted by Gasteiger charge is 2.16. The van der Waals surface area contributed by atoms with Gasteiger partial charge in [-0.1, -0.05) is 12.1 Å². The molecule has 2 heterocycles. The molecule has 0 radical (unpaired) electrons. The first-order chi connectivity index (χ1) is 10.4. The number of nitrogens with one attached hydrogen (secondary N) is 1. The van der Waals surface area contributed by atoms with Crippen molar-refractivity contribution in [3.8, 4) is 0 Å². The lowest BCUT2D eigenvalue weighted by atomic mass is 10.2. The molecule has 0 spiro atoms. The first-order valence-electron chi connectivity index (χ1n) is 7.43. The number of pyridine rings is 1. The normalized spacial score (nSPS) is 14.4. The van der Waals surface area contributed by atoms with Gasteiger partial charge >= 0.3 is 0 Å². The highest BCUT2D eigenvalue weighted by molar-refractivity contribution is 7.98. The van der Waals surface area contributed by atoms with E-state index in [9.17, 15) is 0 Å². The summed E-state index contributed by atoms with van der Waals surface area (Å²) >= 11 is 1.77. The predicted molar refractivity (Wildman–Crippen MR) is 91.2 cm³/mol. The predicted octanol–water partition coefficient (Wildman–Crippen LogP) is 4.02. The second-order valence-electron chi connectivity index (χ2n) is 5.27. The van der Waals surface area contributed by atoms with E-state index in [-0.39, 0.29) is 0 Å². The molecule has 0 aliphatic carbocycles. The van der Waals surface area contributed by atoms with Crippen LogP contribution in [-0.2, 0) is 6.54 Å². The third-order valence-corrected chi connectivity index (χ3v) is 4.58. The first-order valence-corrected chi connectivity index (χ1v) is 8.66. The number of benzene rings is 1. The minimum Gasteiger partial charge on any atom is -0.378 e. The molecule has 4 heteroatoms. The second kappa shape index (κ2) is 6.85. The molecule has 1 saturated heterocycles. The van der Waals surface area contributed by atoms with Gasteiger partial charge in [0.2, 0.25) is 0 Å². The van der Waals surface area contributed by atoms with Crippen molar-refractivity contribution in [2.75, 3.05) is 29.6 Å². The topological polar surface area (TPSA) is 28.2 Å². The molecule has 110 valence electrons. The standard InChI is InChI=1S/C17H21N3S/c1-21-15-8-6-14(7-9-15)13-19-16-5-4-10-18-17(16)20-11-2-3-12-20/h4-10,19H,2-3,11-13H2,1H3. The summed E-state index contributed by atoms with van der Waals surface area (Å²) in [6, 6.07) is 12.8.